The zero-order valence-corrected chi connectivity index (χ0v) is 12.3. The van der Waals surface area contributed by atoms with Crippen molar-refractivity contribution in [2.24, 2.45) is 0 Å². The predicted molar refractivity (Wildman–Crippen MR) is 77.8 cm³/mol. The third-order valence-electron chi connectivity index (χ3n) is 3.52. The van der Waals surface area contributed by atoms with Crippen LogP contribution in [0.25, 0.3) is 0 Å². The van der Waals surface area contributed by atoms with E-state index in [1.807, 2.05) is 31.2 Å². The number of ether oxygens (including phenoxy) is 2. The molecule has 0 aromatic heterocycles. The number of aryl methyl sites for hydroxylation is 1. The molecule has 0 unspecified atom stereocenters. The minimum absolute atomic E-state index is 0.244. The van der Waals surface area contributed by atoms with Crippen LogP contribution in [0.4, 0.5) is 0 Å². The lowest BCUT2D eigenvalue weighted by Gasteiger charge is -2.10. The third-order valence-corrected chi connectivity index (χ3v) is 3.52. The molecule has 0 radical (unpaired) electrons. The Labute approximate surface area is 124 Å². The molecule has 1 saturated heterocycles. The number of amides is 1. The highest BCUT2D eigenvalue weighted by molar-refractivity contribution is 5.82. The van der Waals surface area contributed by atoms with Gasteiger partial charge in [-0.3, -0.25) is 4.79 Å². The number of hydrogen-bond acceptors (Lipinski definition) is 4. The normalized spacial score (nSPS) is 17.5. The highest BCUT2D eigenvalue weighted by atomic mass is 16.6. The minimum Gasteiger partial charge on any atom is -0.454 e. The molecule has 2 rings (SSSR count). The van der Waals surface area contributed by atoms with Crippen LogP contribution in [0.2, 0.25) is 0 Å². The Morgan fingerprint density at radius 3 is 2.90 bits per heavy atom. The van der Waals surface area contributed by atoms with Gasteiger partial charge in [-0.1, -0.05) is 24.3 Å². The van der Waals surface area contributed by atoms with Crippen molar-refractivity contribution in [3.05, 3.63) is 35.4 Å². The van der Waals surface area contributed by atoms with Crippen molar-refractivity contribution in [1.29, 1.82) is 0 Å². The van der Waals surface area contributed by atoms with Crippen molar-refractivity contribution in [3.8, 4) is 0 Å². The predicted octanol–water partition coefficient (Wildman–Crippen LogP) is 1.38. The highest BCUT2D eigenvalue weighted by Gasteiger charge is 2.25. The van der Waals surface area contributed by atoms with Gasteiger partial charge < -0.3 is 14.8 Å². The molecule has 1 fully saturated rings. The fraction of sp³-hybridized carbons (Fsp3) is 0.500. The Balaban J connectivity index is 1.63. The fourth-order valence-electron chi connectivity index (χ4n) is 2.27. The summed E-state index contributed by atoms with van der Waals surface area (Å²) in [4.78, 5) is 23.2. The fourth-order valence-corrected chi connectivity index (χ4v) is 2.27. The van der Waals surface area contributed by atoms with Crippen molar-refractivity contribution >= 4 is 11.9 Å². The molecule has 0 saturated carbocycles. The number of hydrogen-bond donors (Lipinski definition) is 1. The molecule has 114 valence electrons. The summed E-state index contributed by atoms with van der Waals surface area (Å²) in [6, 6.07) is 8.05. The Morgan fingerprint density at radius 2 is 2.19 bits per heavy atom. The molecule has 1 aromatic rings. The molecule has 1 aromatic carbocycles. The van der Waals surface area contributed by atoms with Crippen molar-refractivity contribution in [1.82, 2.24) is 5.32 Å². The van der Waals surface area contributed by atoms with Crippen LogP contribution >= 0.6 is 0 Å². The molecule has 5 heteroatoms. The first kappa shape index (κ1) is 15.5. The molecule has 1 N–H and O–H groups in total. The van der Waals surface area contributed by atoms with E-state index in [1.54, 1.807) is 0 Å². The van der Waals surface area contributed by atoms with Crippen LogP contribution in [-0.4, -0.2) is 37.7 Å². The van der Waals surface area contributed by atoms with Gasteiger partial charge in [0.05, 0.1) is 0 Å². The number of carbonyl (C=O) groups excluding carboxylic acids is 2. The Kier molecular flexibility index (Phi) is 5.75. The maximum Gasteiger partial charge on any atom is 0.335 e. The summed E-state index contributed by atoms with van der Waals surface area (Å²) >= 11 is 0. The molecule has 0 aliphatic carbocycles. The van der Waals surface area contributed by atoms with Crippen molar-refractivity contribution in [2.75, 3.05) is 19.8 Å². The van der Waals surface area contributed by atoms with E-state index in [9.17, 15) is 9.59 Å². The lowest BCUT2D eigenvalue weighted by molar-refractivity contribution is -0.157. The second-order valence-electron chi connectivity index (χ2n) is 5.14. The molecular weight excluding hydrogens is 270 g/mol. The van der Waals surface area contributed by atoms with E-state index in [4.69, 9.17) is 9.47 Å². The minimum atomic E-state index is -0.496. The summed E-state index contributed by atoms with van der Waals surface area (Å²) < 4.78 is 10.1. The van der Waals surface area contributed by atoms with E-state index < -0.39 is 12.1 Å². The van der Waals surface area contributed by atoms with Gasteiger partial charge in [-0.15, -0.1) is 0 Å². The summed E-state index contributed by atoms with van der Waals surface area (Å²) in [6.45, 7) is 2.91. The van der Waals surface area contributed by atoms with Gasteiger partial charge in [-0.25, -0.2) is 4.79 Å². The van der Waals surface area contributed by atoms with Crippen LogP contribution in [-0.2, 0) is 25.5 Å². The first-order valence-corrected chi connectivity index (χ1v) is 7.26. The molecule has 1 heterocycles. The van der Waals surface area contributed by atoms with Gasteiger partial charge in [0.2, 0.25) is 0 Å². The summed E-state index contributed by atoms with van der Waals surface area (Å²) in [5, 5.41) is 2.75. The zero-order valence-electron chi connectivity index (χ0n) is 12.3. The molecule has 0 spiro atoms. The second kappa shape index (κ2) is 7.78. The van der Waals surface area contributed by atoms with Gasteiger partial charge in [0, 0.05) is 13.2 Å². The lowest BCUT2D eigenvalue weighted by atomic mass is 10.1. The summed E-state index contributed by atoms with van der Waals surface area (Å²) in [5.74, 6) is -0.725. The number of nitrogens with one attached hydrogen (secondary N) is 1. The number of rotatable bonds is 6. The molecule has 0 bridgehead atoms. The molecule has 1 atom stereocenters. The van der Waals surface area contributed by atoms with Gasteiger partial charge in [-0.05, 0) is 37.3 Å². The summed E-state index contributed by atoms with van der Waals surface area (Å²) in [5.41, 5.74) is 2.41. The second-order valence-corrected chi connectivity index (χ2v) is 5.14. The van der Waals surface area contributed by atoms with E-state index in [2.05, 4.69) is 5.32 Å². The van der Waals surface area contributed by atoms with E-state index >= 15 is 0 Å². The Hall–Kier alpha value is -1.88. The topological polar surface area (TPSA) is 64.6 Å². The monoisotopic (exact) mass is 291 g/mol. The van der Waals surface area contributed by atoms with E-state index in [-0.39, 0.29) is 12.5 Å². The maximum absolute atomic E-state index is 11.6. The smallest absolute Gasteiger partial charge is 0.335 e. The SMILES string of the molecule is Cc1ccccc1CCNC(=O)COC(=O)[C@H]1CCCO1. The van der Waals surface area contributed by atoms with Crippen LogP contribution in [0.1, 0.15) is 24.0 Å². The van der Waals surface area contributed by atoms with Crippen molar-refractivity contribution in [2.45, 2.75) is 32.3 Å². The summed E-state index contributed by atoms with van der Waals surface area (Å²) in [6.07, 6.45) is 1.80. The van der Waals surface area contributed by atoms with Gasteiger partial charge in [-0.2, -0.15) is 0 Å². The first-order chi connectivity index (χ1) is 10.2. The van der Waals surface area contributed by atoms with Crippen LogP contribution in [0, 0.1) is 6.92 Å². The van der Waals surface area contributed by atoms with Gasteiger partial charge in [0.1, 0.15) is 0 Å². The van der Waals surface area contributed by atoms with Gasteiger partial charge >= 0.3 is 5.97 Å². The molecule has 1 aliphatic heterocycles. The molecule has 5 nitrogen and oxygen atoms in total. The van der Waals surface area contributed by atoms with Gasteiger partial charge in [0.15, 0.2) is 12.7 Å². The van der Waals surface area contributed by atoms with E-state index in [0.29, 0.717) is 19.6 Å². The number of benzene rings is 1. The van der Waals surface area contributed by atoms with Crippen LogP contribution in [0.15, 0.2) is 24.3 Å². The third kappa shape index (κ3) is 4.86. The van der Waals surface area contributed by atoms with E-state index in [1.165, 1.54) is 11.1 Å². The molecule has 21 heavy (non-hydrogen) atoms. The van der Waals surface area contributed by atoms with E-state index in [0.717, 1.165) is 12.8 Å². The molecular formula is C16H21NO4. The standard InChI is InChI=1S/C16H21NO4/c1-12-5-2-3-6-13(12)8-9-17-15(18)11-21-16(19)14-7-4-10-20-14/h2-3,5-6,14H,4,7-11H2,1H3,(H,17,18)/t14-/m1/s1. The molecule has 1 aliphatic rings. The lowest BCUT2D eigenvalue weighted by Crippen LogP contribution is -2.32. The Bertz CT molecular complexity index is 495. The van der Waals surface area contributed by atoms with Crippen LogP contribution < -0.4 is 5.32 Å². The summed E-state index contributed by atoms with van der Waals surface area (Å²) in [7, 11) is 0. The van der Waals surface area contributed by atoms with Crippen LogP contribution in [0.3, 0.4) is 0 Å². The largest absolute Gasteiger partial charge is 0.454 e. The first-order valence-electron chi connectivity index (χ1n) is 7.26. The van der Waals surface area contributed by atoms with Crippen LogP contribution in [0.5, 0.6) is 0 Å². The maximum atomic E-state index is 11.6. The highest BCUT2D eigenvalue weighted by Crippen LogP contribution is 2.13. The number of esters is 1. The average molecular weight is 291 g/mol. The van der Waals surface area contributed by atoms with Crippen molar-refractivity contribution < 1.29 is 19.1 Å². The Morgan fingerprint density at radius 1 is 1.38 bits per heavy atom. The van der Waals surface area contributed by atoms with Gasteiger partial charge in [0.25, 0.3) is 5.91 Å². The zero-order chi connectivity index (χ0) is 15.1. The average Bonchev–Trinajstić information content (AvgIpc) is 3.01. The number of carbonyl (C=O) groups is 2. The quantitative estimate of drug-likeness (QED) is 0.804. The molecule has 1 amide bonds. The van der Waals surface area contributed by atoms with Crippen molar-refractivity contribution in [3.63, 3.8) is 0 Å².